The fourth-order valence-corrected chi connectivity index (χ4v) is 11.4. The molecule has 3 heteroatoms. The molecule has 1 aliphatic carbocycles. The van der Waals surface area contributed by atoms with Gasteiger partial charge in [-0.1, -0.05) is 182 Å². The maximum absolute atomic E-state index is 9.20. The minimum absolute atomic E-state index is 0.128. The van der Waals surface area contributed by atoms with E-state index in [1.54, 1.807) is 11.8 Å². The summed E-state index contributed by atoms with van der Waals surface area (Å²) < 4.78 is 42.0. The van der Waals surface area contributed by atoms with Crippen molar-refractivity contribution in [1.29, 1.82) is 0 Å². The van der Waals surface area contributed by atoms with Crippen molar-refractivity contribution in [2.75, 3.05) is 4.90 Å². The van der Waals surface area contributed by atoms with Gasteiger partial charge in [0.2, 0.25) is 0 Å². The lowest BCUT2D eigenvalue weighted by Crippen LogP contribution is -2.32. The summed E-state index contributed by atoms with van der Waals surface area (Å²) in [4.78, 5) is 4.64. The normalized spacial score (nSPS) is 14.1. The quantitative estimate of drug-likeness (QED) is 0.172. The minimum Gasteiger partial charge on any atom is -0.455 e. The monoisotopic (exact) mass is 811 g/mol. The molecule has 2 nitrogen and oxygen atoms in total. The Balaban J connectivity index is 1.09. The van der Waals surface area contributed by atoms with Crippen molar-refractivity contribution >= 4 is 61.5 Å². The van der Waals surface area contributed by atoms with Gasteiger partial charge in [-0.2, -0.15) is 0 Å². The van der Waals surface area contributed by atoms with E-state index >= 15 is 0 Å². The van der Waals surface area contributed by atoms with E-state index in [1.807, 2.05) is 24.3 Å². The van der Waals surface area contributed by atoms with Crippen LogP contribution in [-0.4, -0.2) is 0 Å². The number of fused-ring (bicyclic) bond motifs is 13. The second-order valence-corrected chi connectivity index (χ2v) is 17.2. The van der Waals surface area contributed by atoms with Crippen LogP contribution in [0.3, 0.4) is 0 Å². The van der Waals surface area contributed by atoms with Gasteiger partial charge in [0.15, 0.2) is 0 Å². The number of hydrogen-bond acceptors (Lipinski definition) is 3. The lowest BCUT2D eigenvalue weighted by molar-refractivity contribution is 0.670. The van der Waals surface area contributed by atoms with Crippen molar-refractivity contribution < 1.29 is 9.90 Å². The van der Waals surface area contributed by atoms with E-state index < -0.39 is 5.41 Å². The molecule has 10 aromatic carbocycles. The van der Waals surface area contributed by atoms with Crippen LogP contribution in [0.25, 0.3) is 66.1 Å². The van der Waals surface area contributed by atoms with Crippen LogP contribution < -0.4 is 4.90 Å². The van der Waals surface area contributed by atoms with Crippen LogP contribution >= 0.6 is 11.8 Å². The van der Waals surface area contributed by atoms with Crippen LogP contribution in [0, 0.1) is 0 Å². The molecule has 0 amide bonds. The predicted molar refractivity (Wildman–Crippen MR) is 258 cm³/mol. The molecule has 0 bridgehead atoms. The third-order valence-electron chi connectivity index (χ3n) is 12.8. The largest absolute Gasteiger partial charge is 0.455 e. The van der Waals surface area contributed by atoms with E-state index in [1.165, 1.54) is 38.3 Å². The van der Waals surface area contributed by atoms with E-state index in [-0.39, 0.29) is 29.8 Å². The van der Waals surface area contributed by atoms with Gasteiger partial charge < -0.3 is 9.32 Å². The lowest BCUT2D eigenvalue weighted by atomic mass is 9.67. The summed E-state index contributed by atoms with van der Waals surface area (Å²) in [6, 6.07) is 70.3. The Morgan fingerprint density at radius 1 is 0.419 bits per heavy atom. The van der Waals surface area contributed by atoms with Crippen molar-refractivity contribution in [3.63, 3.8) is 0 Å². The Hall–Kier alpha value is -7.59. The number of rotatable bonds is 5. The molecule has 1 aromatic heterocycles. The molecule has 2 aliphatic rings. The van der Waals surface area contributed by atoms with Crippen LogP contribution in [-0.2, 0) is 5.41 Å². The van der Waals surface area contributed by atoms with E-state index in [0.717, 1.165) is 55.0 Å². The third-order valence-corrected chi connectivity index (χ3v) is 14.0. The molecule has 11 aromatic rings. The van der Waals surface area contributed by atoms with Crippen molar-refractivity contribution in [3.05, 3.63) is 247 Å². The summed E-state index contributed by atoms with van der Waals surface area (Å²) in [5.41, 5.74) is 14.3. The Morgan fingerprint density at radius 3 is 1.85 bits per heavy atom. The first-order valence-corrected chi connectivity index (χ1v) is 21.7. The van der Waals surface area contributed by atoms with Gasteiger partial charge in [-0.25, -0.2) is 0 Å². The first kappa shape index (κ1) is 31.3. The summed E-state index contributed by atoms with van der Waals surface area (Å²) in [5.74, 6) is 0. The number of benzene rings is 10. The standard InChI is InChI=1S/C59H37NOS/c1-2-14-38(15-3-1)40-28-30-43(31-29-40)60(45-35-49(42-27-26-39-16-4-5-17-41(39)34-42)58-50(36-45)48-20-8-12-24-55(48)61-58)44-32-33-54-57(37-44)62-56-25-13-11-23-53(56)59(54)51-21-9-6-18-46(51)47-19-7-10-22-52(47)59/h1-37H/i8D,12D,20D,24D. The molecule has 0 radical (unpaired) electrons. The minimum atomic E-state index is -0.522. The summed E-state index contributed by atoms with van der Waals surface area (Å²) in [7, 11) is 0. The van der Waals surface area contributed by atoms with E-state index in [9.17, 15) is 1.37 Å². The molecule has 0 atom stereocenters. The van der Waals surface area contributed by atoms with E-state index in [2.05, 4.69) is 181 Å². The molecule has 62 heavy (non-hydrogen) atoms. The lowest BCUT2D eigenvalue weighted by Gasteiger charge is -2.40. The van der Waals surface area contributed by atoms with E-state index in [0.29, 0.717) is 16.4 Å². The molecule has 0 saturated carbocycles. The maximum atomic E-state index is 9.20. The van der Waals surface area contributed by atoms with Gasteiger partial charge in [0, 0.05) is 43.2 Å². The van der Waals surface area contributed by atoms with Gasteiger partial charge in [-0.3, -0.25) is 0 Å². The van der Waals surface area contributed by atoms with E-state index in [4.69, 9.17) is 8.53 Å². The maximum Gasteiger partial charge on any atom is 0.143 e. The Labute approximate surface area is 370 Å². The topological polar surface area (TPSA) is 16.4 Å². The first-order chi connectivity index (χ1) is 32.4. The molecule has 0 unspecified atom stereocenters. The SMILES string of the molecule is [2H]c1c([2H])c([2H])c2c(oc3c(-c4ccc5ccccc5c4)cc(N(c4ccc(-c5ccccc5)cc4)c4ccc5c(c4)Sc4ccccc4C54c5ccccc5-c5ccccc54)cc32)c1[2H]. The van der Waals surface area contributed by atoms with Gasteiger partial charge >= 0.3 is 0 Å². The highest BCUT2D eigenvalue weighted by Gasteiger charge is 2.50. The second-order valence-electron chi connectivity index (χ2n) is 16.1. The molecule has 0 fully saturated rings. The van der Waals surface area contributed by atoms with Crippen molar-refractivity contribution in [3.8, 4) is 33.4 Å². The predicted octanol–water partition coefficient (Wildman–Crippen LogP) is 16.4. The molecular weight excluding hydrogens is 771 g/mol. The van der Waals surface area contributed by atoms with Crippen molar-refractivity contribution in [1.82, 2.24) is 0 Å². The van der Waals surface area contributed by atoms with Gasteiger partial charge in [0.05, 0.1) is 10.9 Å². The fourth-order valence-electron chi connectivity index (χ4n) is 10.1. The summed E-state index contributed by atoms with van der Waals surface area (Å²) in [5, 5.41) is 3.15. The Kier molecular flexibility index (Phi) is 6.93. The smallest absolute Gasteiger partial charge is 0.143 e. The Morgan fingerprint density at radius 2 is 1.05 bits per heavy atom. The number of furan rings is 1. The third kappa shape index (κ3) is 5.19. The highest BCUT2D eigenvalue weighted by Crippen LogP contribution is 2.62. The van der Waals surface area contributed by atoms with Gasteiger partial charge in [0.1, 0.15) is 11.2 Å². The fraction of sp³-hybridized carbons (Fsp3) is 0.0169. The highest BCUT2D eigenvalue weighted by atomic mass is 32.2. The van der Waals surface area contributed by atoms with Crippen LogP contribution in [0.4, 0.5) is 17.1 Å². The van der Waals surface area contributed by atoms with Crippen LogP contribution in [0.2, 0.25) is 0 Å². The second kappa shape index (κ2) is 13.7. The summed E-state index contributed by atoms with van der Waals surface area (Å²) >= 11 is 1.80. The highest BCUT2D eigenvalue weighted by molar-refractivity contribution is 7.99. The molecule has 1 aliphatic heterocycles. The number of nitrogens with zero attached hydrogens (tertiary/aromatic N) is 1. The molecule has 290 valence electrons. The Bertz CT molecular complexity index is 3760. The first-order valence-electron chi connectivity index (χ1n) is 22.9. The van der Waals surface area contributed by atoms with Gasteiger partial charge in [0.25, 0.3) is 0 Å². The zero-order valence-corrected chi connectivity index (χ0v) is 34.1. The van der Waals surface area contributed by atoms with Crippen LogP contribution in [0.15, 0.2) is 239 Å². The number of para-hydroxylation sites is 1. The van der Waals surface area contributed by atoms with Crippen LogP contribution in [0.5, 0.6) is 0 Å². The van der Waals surface area contributed by atoms with Crippen molar-refractivity contribution in [2.45, 2.75) is 15.2 Å². The molecular formula is C59H37NOS. The van der Waals surface area contributed by atoms with Gasteiger partial charge in [-0.15, -0.1) is 0 Å². The average molecular weight is 812 g/mol. The van der Waals surface area contributed by atoms with Gasteiger partial charge in [-0.05, 0) is 115 Å². The summed E-state index contributed by atoms with van der Waals surface area (Å²) in [6.45, 7) is 0. The zero-order valence-electron chi connectivity index (χ0n) is 37.3. The zero-order chi connectivity index (χ0) is 44.3. The molecule has 0 saturated heterocycles. The molecule has 1 spiro atoms. The number of anilines is 3. The molecule has 0 N–H and O–H groups in total. The average Bonchev–Trinajstić information content (AvgIpc) is 3.90. The molecule has 13 rings (SSSR count). The molecule has 2 heterocycles. The number of hydrogen-bond donors (Lipinski definition) is 0. The van der Waals surface area contributed by atoms with Crippen molar-refractivity contribution in [2.24, 2.45) is 0 Å². The van der Waals surface area contributed by atoms with Crippen LogP contribution in [0.1, 0.15) is 27.7 Å². The summed E-state index contributed by atoms with van der Waals surface area (Å²) in [6.07, 6.45) is 0.